The van der Waals surface area contributed by atoms with Crippen molar-refractivity contribution in [3.8, 4) is 17.6 Å². The van der Waals surface area contributed by atoms with Crippen LogP contribution in [0.4, 0.5) is 13.2 Å². The Hall–Kier alpha value is -3.00. The number of imidazole rings is 1. The molecular formula is C20H18F3N5O2S. The average molecular weight is 449 g/mol. The SMILES string of the molecule is CCS(=O)(=O)c1cc(C(F)(F)F)cnc1-c1nc2cc(C3CC3(C)C#N)cnc2n1C. The number of rotatable bonds is 4. The highest BCUT2D eigenvalue weighted by Crippen LogP contribution is 2.58. The molecule has 162 valence electrons. The van der Waals surface area contributed by atoms with E-state index in [9.17, 15) is 26.9 Å². The third kappa shape index (κ3) is 3.44. The van der Waals surface area contributed by atoms with Crippen molar-refractivity contribution in [3.05, 3.63) is 35.7 Å². The Morgan fingerprint density at radius 2 is 2.00 bits per heavy atom. The number of pyridine rings is 2. The fourth-order valence-electron chi connectivity index (χ4n) is 3.63. The van der Waals surface area contributed by atoms with Crippen molar-refractivity contribution in [1.29, 1.82) is 5.26 Å². The summed E-state index contributed by atoms with van der Waals surface area (Å²) < 4.78 is 66.1. The van der Waals surface area contributed by atoms with E-state index in [0.29, 0.717) is 29.8 Å². The molecule has 3 heterocycles. The van der Waals surface area contributed by atoms with Crippen LogP contribution in [0.1, 0.15) is 37.3 Å². The van der Waals surface area contributed by atoms with Gasteiger partial charge in [0, 0.05) is 25.4 Å². The van der Waals surface area contributed by atoms with Gasteiger partial charge in [0.05, 0.1) is 27.7 Å². The lowest BCUT2D eigenvalue weighted by Crippen LogP contribution is -2.13. The second-order valence-corrected chi connectivity index (χ2v) is 10.1. The highest BCUT2D eigenvalue weighted by molar-refractivity contribution is 7.91. The summed E-state index contributed by atoms with van der Waals surface area (Å²) in [5.74, 6) is -0.261. The smallest absolute Gasteiger partial charge is 0.310 e. The number of nitrogens with zero attached hydrogens (tertiary/aromatic N) is 5. The molecule has 0 N–H and O–H groups in total. The normalized spacial score (nSPS) is 21.3. The van der Waals surface area contributed by atoms with Crippen LogP contribution in [0.25, 0.3) is 22.7 Å². The van der Waals surface area contributed by atoms with Gasteiger partial charge in [-0.2, -0.15) is 18.4 Å². The summed E-state index contributed by atoms with van der Waals surface area (Å²) in [7, 11) is -2.42. The Balaban J connectivity index is 1.89. The second-order valence-electron chi connectivity index (χ2n) is 7.86. The van der Waals surface area contributed by atoms with E-state index >= 15 is 0 Å². The first kappa shape index (κ1) is 21.2. The number of sulfone groups is 1. The first-order valence-corrected chi connectivity index (χ1v) is 11.1. The van der Waals surface area contributed by atoms with Gasteiger partial charge in [0.2, 0.25) is 0 Å². The van der Waals surface area contributed by atoms with Crippen molar-refractivity contribution < 1.29 is 21.6 Å². The number of hydrogen-bond acceptors (Lipinski definition) is 6. The topological polar surface area (TPSA) is 102 Å². The predicted octanol–water partition coefficient (Wildman–Crippen LogP) is 3.86. The van der Waals surface area contributed by atoms with Crippen LogP contribution in [-0.4, -0.2) is 33.7 Å². The van der Waals surface area contributed by atoms with E-state index < -0.39 is 31.9 Å². The minimum Gasteiger partial charge on any atom is -0.310 e. The highest BCUT2D eigenvalue weighted by Gasteiger charge is 2.51. The number of aryl methyl sites for hydroxylation is 1. The molecule has 1 aliphatic carbocycles. The van der Waals surface area contributed by atoms with E-state index in [1.54, 1.807) is 19.3 Å². The molecule has 1 aliphatic rings. The van der Waals surface area contributed by atoms with Crippen molar-refractivity contribution in [2.45, 2.75) is 37.3 Å². The maximum atomic E-state index is 13.2. The fraction of sp³-hybridized carbons (Fsp3) is 0.400. The van der Waals surface area contributed by atoms with Crippen molar-refractivity contribution >= 4 is 21.0 Å². The molecule has 0 bridgehead atoms. The van der Waals surface area contributed by atoms with Gasteiger partial charge in [0.25, 0.3) is 0 Å². The van der Waals surface area contributed by atoms with Gasteiger partial charge in [0.1, 0.15) is 11.2 Å². The summed E-state index contributed by atoms with van der Waals surface area (Å²) in [6, 6.07) is 4.65. The molecule has 0 radical (unpaired) electrons. The first-order chi connectivity index (χ1) is 14.4. The zero-order valence-corrected chi connectivity index (χ0v) is 17.7. The maximum Gasteiger partial charge on any atom is 0.417 e. The third-order valence-corrected chi connectivity index (χ3v) is 7.47. The molecule has 3 aromatic rings. The van der Waals surface area contributed by atoms with Crippen LogP contribution in [-0.2, 0) is 23.1 Å². The minimum atomic E-state index is -4.73. The van der Waals surface area contributed by atoms with Gasteiger partial charge in [0.15, 0.2) is 21.3 Å². The molecule has 11 heteroatoms. The minimum absolute atomic E-state index is 0.0279. The van der Waals surface area contributed by atoms with Gasteiger partial charge in [-0.25, -0.2) is 18.4 Å². The standard InChI is InChI=1S/C20H18F3N5O2S/c1-4-31(29,30)15-6-12(20(21,22)23)9-25-16(15)18-27-14-5-11(8-26-17(14)28(18)3)13-7-19(13,2)10-24/h5-6,8-9,13H,4,7H2,1-3H3. The molecule has 1 fully saturated rings. The molecule has 0 aliphatic heterocycles. The van der Waals surface area contributed by atoms with Crippen LogP contribution in [0.3, 0.4) is 0 Å². The second kappa shape index (κ2) is 6.75. The number of halogens is 3. The zero-order valence-electron chi connectivity index (χ0n) is 16.9. The molecule has 0 spiro atoms. The summed E-state index contributed by atoms with van der Waals surface area (Å²) in [5.41, 5.74) is -0.0480. The lowest BCUT2D eigenvalue weighted by atomic mass is 10.0. The van der Waals surface area contributed by atoms with Crippen LogP contribution in [0.5, 0.6) is 0 Å². The monoisotopic (exact) mass is 449 g/mol. The van der Waals surface area contributed by atoms with Gasteiger partial charge >= 0.3 is 6.18 Å². The Bertz CT molecular complexity index is 1360. The summed E-state index contributed by atoms with van der Waals surface area (Å²) >= 11 is 0. The Morgan fingerprint density at radius 3 is 2.58 bits per heavy atom. The molecule has 1 saturated carbocycles. The summed E-state index contributed by atoms with van der Waals surface area (Å²) in [6.07, 6.45) is -1.78. The molecule has 0 saturated heterocycles. The van der Waals surface area contributed by atoms with Crippen LogP contribution in [0.2, 0.25) is 0 Å². The Morgan fingerprint density at radius 1 is 1.29 bits per heavy atom. The van der Waals surface area contributed by atoms with Gasteiger partial charge in [-0.05, 0) is 31.0 Å². The van der Waals surface area contributed by atoms with Crippen molar-refractivity contribution in [2.24, 2.45) is 12.5 Å². The molecule has 0 aromatic carbocycles. The van der Waals surface area contributed by atoms with Gasteiger partial charge < -0.3 is 4.57 Å². The number of fused-ring (bicyclic) bond motifs is 1. The van der Waals surface area contributed by atoms with Crippen molar-refractivity contribution in [3.63, 3.8) is 0 Å². The Kier molecular flexibility index (Phi) is 4.62. The van der Waals surface area contributed by atoms with Crippen LogP contribution < -0.4 is 0 Å². The van der Waals surface area contributed by atoms with Gasteiger partial charge in [-0.3, -0.25) is 4.98 Å². The van der Waals surface area contributed by atoms with E-state index in [0.717, 1.165) is 5.56 Å². The van der Waals surface area contributed by atoms with Crippen molar-refractivity contribution in [2.75, 3.05) is 5.75 Å². The van der Waals surface area contributed by atoms with Crippen LogP contribution in [0.15, 0.2) is 29.4 Å². The highest BCUT2D eigenvalue weighted by atomic mass is 32.2. The molecule has 31 heavy (non-hydrogen) atoms. The third-order valence-electron chi connectivity index (χ3n) is 5.73. The maximum absolute atomic E-state index is 13.2. The van der Waals surface area contributed by atoms with E-state index in [4.69, 9.17) is 0 Å². The van der Waals surface area contributed by atoms with E-state index in [1.807, 2.05) is 6.92 Å². The van der Waals surface area contributed by atoms with Gasteiger partial charge in [-0.15, -0.1) is 0 Å². The zero-order chi connectivity index (χ0) is 22.8. The number of alkyl halides is 3. The predicted molar refractivity (Wildman–Crippen MR) is 106 cm³/mol. The first-order valence-electron chi connectivity index (χ1n) is 9.45. The number of hydrogen-bond donors (Lipinski definition) is 0. The van der Waals surface area contributed by atoms with Gasteiger partial charge in [-0.1, -0.05) is 6.92 Å². The lowest BCUT2D eigenvalue weighted by Gasteiger charge is -2.12. The van der Waals surface area contributed by atoms with E-state index in [-0.39, 0.29) is 23.2 Å². The molecular weight excluding hydrogens is 431 g/mol. The summed E-state index contributed by atoms with van der Waals surface area (Å²) in [5, 5.41) is 9.28. The molecule has 2 atom stereocenters. The largest absolute Gasteiger partial charge is 0.417 e. The average Bonchev–Trinajstić information content (AvgIpc) is 3.31. The lowest BCUT2D eigenvalue weighted by molar-refractivity contribution is -0.138. The quantitative estimate of drug-likeness (QED) is 0.599. The fourth-order valence-corrected chi connectivity index (χ4v) is 4.68. The van der Waals surface area contributed by atoms with Crippen LogP contribution in [0, 0.1) is 16.7 Å². The molecule has 7 nitrogen and oxygen atoms in total. The number of nitriles is 1. The van der Waals surface area contributed by atoms with Crippen LogP contribution >= 0.6 is 0 Å². The van der Waals surface area contributed by atoms with Crippen molar-refractivity contribution in [1.82, 2.24) is 19.5 Å². The molecule has 4 rings (SSSR count). The van der Waals surface area contributed by atoms with E-state index in [2.05, 4.69) is 21.0 Å². The molecule has 3 aromatic heterocycles. The molecule has 0 amide bonds. The summed E-state index contributed by atoms with van der Waals surface area (Å²) in [4.78, 5) is 12.1. The summed E-state index contributed by atoms with van der Waals surface area (Å²) in [6.45, 7) is 3.21. The van der Waals surface area contributed by atoms with E-state index in [1.165, 1.54) is 11.5 Å². The Labute approximate surface area is 176 Å². The number of aromatic nitrogens is 4. The molecule has 2 unspecified atom stereocenters.